The molecule has 190 valence electrons. The molecule has 4 aliphatic carbocycles. The third-order valence-corrected chi connectivity index (χ3v) is 10.0. The molecule has 3 saturated carbocycles. The summed E-state index contributed by atoms with van der Waals surface area (Å²) in [6.45, 7) is 6.12. The van der Waals surface area contributed by atoms with Crippen molar-refractivity contribution in [1.29, 1.82) is 0 Å². The monoisotopic (exact) mass is 484 g/mol. The lowest BCUT2D eigenvalue weighted by atomic mass is 9.46. The van der Waals surface area contributed by atoms with E-state index < -0.39 is 24.4 Å². The molecule has 6 atom stereocenters. The van der Waals surface area contributed by atoms with Crippen molar-refractivity contribution in [3.8, 4) is 0 Å². The molecule has 0 radical (unpaired) electrons. The number of ketones is 1. The van der Waals surface area contributed by atoms with Gasteiger partial charge in [0.2, 0.25) is 6.61 Å². The standard InChI is InChI=1S/C27H36N2O6/c1-16(30)20-6-7-21-19-5-4-17-14-18(10-12-26(17,2)22(19)11-13-27(20,21)3)28-34-15-25(33)35-29-23(31)8-9-24(29)32/h14,19-22H,4-13,15H2,1-3H3/b28-18+/t19-,20+,21-,22-,26+,27-/m1/s1. The largest absolute Gasteiger partial charge is 0.383 e. The number of hydrogen-bond donors (Lipinski definition) is 0. The summed E-state index contributed by atoms with van der Waals surface area (Å²) in [5.41, 5.74) is 2.55. The number of Topliss-reactive ketones (excluding diaryl/α,β-unsaturated/α-hetero) is 1. The normalized spacial score (nSPS) is 39.6. The van der Waals surface area contributed by atoms with Crippen LogP contribution >= 0.6 is 0 Å². The molecule has 35 heavy (non-hydrogen) atoms. The molecule has 1 saturated heterocycles. The number of allylic oxidation sites excluding steroid dienone is 2. The summed E-state index contributed by atoms with van der Waals surface area (Å²) in [7, 11) is 0. The Balaban J connectivity index is 1.22. The van der Waals surface area contributed by atoms with Gasteiger partial charge >= 0.3 is 5.97 Å². The van der Waals surface area contributed by atoms with Crippen molar-refractivity contribution in [3.05, 3.63) is 11.6 Å². The van der Waals surface area contributed by atoms with Crippen LogP contribution in [0, 0.1) is 34.5 Å². The van der Waals surface area contributed by atoms with Gasteiger partial charge in [-0.15, -0.1) is 5.06 Å². The Morgan fingerprint density at radius 3 is 2.46 bits per heavy atom. The van der Waals surface area contributed by atoms with E-state index in [9.17, 15) is 19.2 Å². The number of carbonyl (C=O) groups is 4. The van der Waals surface area contributed by atoms with Crippen LogP contribution < -0.4 is 0 Å². The summed E-state index contributed by atoms with van der Waals surface area (Å²) in [6, 6.07) is 0. The third-order valence-electron chi connectivity index (χ3n) is 10.0. The molecule has 0 aromatic rings. The van der Waals surface area contributed by atoms with Gasteiger partial charge in [-0.25, -0.2) is 4.79 Å². The first-order valence-corrected chi connectivity index (χ1v) is 13.1. The topological polar surface area (TPSA) is 102 Å². The summed E-state index contributed by atoms with van der Waals surface area (Å²) in [5.74, 6) is 0.716. The van der Waals surface area contributed by atoms with Crippen molar-refractivity contribution in [2.24, 2.45) is 39.7 Å². The highest BCUT2D eigenvalue weighted by molar-refractivity contribution is 6.01. The SMILES string of the molecule is CC(=O)[C@@H]1CC[C@@H]2[C@H]3CCC4=C/C(=N/OCC(=O)ON5C(=O)CCC5=O)CC[C@]4(C)[C@@H]3CC[C@@]21C. The van der Waals surface area contributed by atoms with Gasteiger partial charge in [-0.3, -0.25) is 14.4 Å². The Bertz CT molecular complexity index is 1000. The summed E-state index contributed by atoms with van der Waals surface area (Å²) >= 11 is 0. The number of oxime groups is 1. The number of carbonyl (C=O) groups excluding carboxylic acids is 4. The van der Waals surface area contributed by atoms with Crippen molar-refractivity contribution < 1.29 is 28.9 Å². The Kier molecular flexibility index (Phi) is 6.12. The molecule has 8 heteroatoms. The molecule has 1 aliphatic heterocycles. The lowest BCUT2D eigenvalue weighted by Crippen LogP contribution is -2.51. The van der Waals surface area contributed by atoms with Crippen molar-refractivity contribution in [2.75, 3.05) is 6.61 Å². The van der Waals surface area contributed by atoms with E-state index in [0.717, 1.165) is 44.2 Å². The van der Waals surface area contributed by atoms with Crippen molar-refractivity contribution in [3.63, 3.8) is 0 Å². The van der Waals surface area contributed by atoms with Gasteiger partial charge in [-0.1, -0.05) is 24.6 Å². The van der Waals surface area contributed by atoms with Crippen LogP contribution in [0.4, 0.5) is 0 Å². The number of hydrogen-bond acceptors (Lipinski definition) is 7. The summed E-state index contributed by atoms with van der Waals surface area (Å²) < 4.78 is 0. The Morgan fingerprint density at radius 2 is 1.74 bits per heavy atom. The van der Waals surface area contributed by atoms with Gasteiger partial charge in [0.1, 0.15) is 5.78 Å². The number of amides is 2. The number of rotatable bonds is 5. The van der Waals surface area contributed by atoms with Crippen LogP contribution in [0.3, 0.4) is 0 Å². The predicted molar refractivity (Wildman–Crippen MR) is 126 cm³/mol. The van der Waals surface area contributed by atoms with Crippen molar-refractivity contribution in [1.82, 2.24) is 5.06 Å². The van der Waals surface area contributed by atoms with Gasteiger partial charge in [-0.05, 0) is 93.0 Å². The second kappa shape index (κ2) is 8.86. The molecular formula is C27H36N2O6. The lowest BCUT2D eigenvalue weighted by molar-refractivity contribution is -0.200. The van der Waals surface area contributed by atoms with E-state index >= 15 is 0 Å². The van der Waals surface area contributed by atoms with E-state index in [2.05, 4.69) is 25.1 Å². The molecule has 0 aromatic carbocycles. The first-order valence-electron chi connectivity index (χ1n) is 13.1. The Morgan fingerprint density at radius 1 is 1.00 bits per heavy atom. The zero-order chi connectivity index (χ0) is 25.0. The molecule has 5 rings (SSSR count). The molecule has 4 fully saturated rings. The molecule has 0 spiro atoms. The molecule has 0 unspecified atom stereocenters. The van der Waals surface area contributed by atoms with Gasteiger partial charge in [0.05, 0.1) is 5.71 Å². The molecule has 1 heterocycles. The fraction of sp³-hybridized carbons (Fsp3) is 0.741. The minimum Gasteiger partial charge on any atom is -0.383 e. The predicted octanol–water partition coefficient (Wildman–Crippen LogP) is 4.13. The van der Waals surface area contributed by atoms with Crippen LogP contribution in [0.2, 0.25) is 0 Å². The van der Waals surface area contributed by atoms with Crippen molar-refractivity contribution >= 4 is 29.3 Å². The number of hydroxylamine groups is 2. The van der Waals surface area contributed by atoms with E-state index in [1.807, 2.05) is 0 Å². The summed E-state index contributed by atoms with van der Waals surface area (Å²) in [4.78, 5) is 57.5. The van der Waals surface area contributed by atoms with Gasteiger partial charge in [-0.2, -0.15) is 0 Å². The van der Waals surface area contributed by atoms with Crippen LogP contribution in [-0.2, 0) is 28.9 Å². The van der Waals surface area contributed by atoms with Gasteiger partial charge in [0.15, 0.2) is 0 Å². The molecule has 8 nitrogen and oxygen atoms in total. The fourth-order valence-electron chi connectivity index (χ4n) is 8.26. The van der Waals surface area contributed by atoms with Crippen LogP contribution in [0.15, 0.2) is 16.8 Å². The van der Waals surface area contributed by atoms with Gasteiger partial charge < -0.3 is 9.68 Å². The fourth-order valence-corrected chi connectivity index (χ4v) is 8.26. The van der Waals surface area contributed by atoms with E-state index in [-0.39, 0.29) is 29.6 Å². The van der Waals surface area contributed by atoms with Gasteiger partial charge in [0, 0.05) is 18.8 Å². The average molecular weight is 485 g/mol. The zero-order valence-electron chi connectivity index (χ0n) is 21.0. The van der Waals surface area contributed by atoms with Crippen LogP contribution in [-0.4, -0.2) is 40.9 Å². The van der Waals surface area contributed by atoms with Crippen molar-refractivity contribution in [2.45, 2.75) is 85.0 Å². The molecule has 0 N–H and O–H groups in total. The van der Waals surface area contributed by atoms with E-state index in [0.29, 0.717) is 28.6 Å². The molecule has 0 bridgehead atoms. The first kappa shape index (κ1) is 24.2. The second-order valence-electron chi connectivity index (χ2n) is 11.7. The second-order valence-corrected chi connectivity index (χ2v) is 11.7. The molecule has 5 aliphatic rings. The first-order chi connectivity index (χ1) is 16.6. The number of nitrogens with zero attached hydrogens (tertiary/aromatic N) is 2. The van der Waals surface area contributed by atoms with Crippen LogP contribution in [0.5, 0.6) is 0 Å². The maximum absolute atomic E-state index is 12.3. The summed E-state index contributed by atoms with van der Waals surface area (Å²) in [5, 5.41) is 4.69. The zero-order valence-corrected chi connectivity index (χ0v) is 21.0. The maximum atomic E-state index is 12.3. The highest BCUT2D eigenvalue weighted by Gasteiger charge is 2.59. The summed E-state index contributed by atoms with van der Waals surface area (Å²) in [6.07, 6.45) is 10.8. The average Bonchev–Trinajstić information content (AvgIpc) is 3.33. The quantitative estimate of drug-likeness (QED) is 0.429. The highest BCUT2D eigenvalue weighted by Crippen LogP contribution is 2.66. The Labute approximate surface area is 206 Å². The van der Waals surface area contributed by atoms with Gasteiger partial charge in [0.25, 0.3) is 11.8 Å². The number of fused-ring (bicyclic) bond motifs is 5. The third kappa shape index (κ3) is 4.02. The minimum atomic E-state index is -0.822. The molecular weight excluding hydrogens is 448 g/mol. The van der Waals surface area contributed by atoms with Crippen LogP contribution in [0.1, 0.15) is 85.0 Å². The van der Waals surface area contributed by atoms with Crippen LogP contribution in [0.25, 0.3) is 0 Å². The minimum absolute atomic E-state index is 0.0563. The maximum Gasteiger partial charge on any atom is 0.373 e. The lowest BCUT2D eigenvalue weighted by Gasteiger charge is -2.58. The highest BCUT2D eigenvalue weighted by atomic mass is 16.7. The van der Waals surface area contributed by atoms with E-state index in [1.165, 1.54) is 18.4 Å². The molecule has 0 aromatic heterocycles. The smallest absolute Gasteiger partial charge is 0.373 e. The van der Waals surface area contributed by atoms with E-state index in [1.54, 1.807) is 6.92 Å². The number of imide groups is 1. The Hall–Kier alpha value is -2.51. The molecule has 2 amide bonds. The van der Waals surface area contributed by atoms with E-state index in [4.69, 9.17) is 9.68 Å².